The van der Waals surface area contributed by atoms with Gasteiger partial charge in [0.1, 0.15) is 49.4 Å². The first-order valence-electron chi connectivity index (χ1n) is 40.7. The average molecular weight is 1700 g/mol. The number of aryl methyl sites for hydroxylation is 2. The fraction of sp³-hybridized carbons (Fsp3) is 0.273. The highest BCUT2D eigenvalue weighted by Crippen LogP contribution is 2.47. The average Bonchev–Trinajstić information content (AvgIpc) is 1.63. The number of carboxylic acid groups (broad SMARTS) is 1. The van der Waals surface area contributed by atoms with E-state index in [1.807, 2.05) is 194 Å². The molecular formula is C99H95N9O18. The molecule has 0 unspecified atom stereocenters. The van der Waals surface area contributed by atoms with Gasteiger partial charge in [-0.05, 0) is 167 Å². The molecule has 10 aromatic carbocycles. The number of rotatable bonds is 25. The van der Waals surface area contributed by atoms with E-state index in [9.17, 15) is 38.4 Å². The zero-order valence-electron chi connectivity index (χ0n) is 67.7. The molecule has 1 N–H and O–H groups in total. The van der Waals surface area contributed by atoms with E-state index in [1.165, 1.54) is 14.2 Å². The Morgan fingerprint density at radius 3 is 1.00 bits per heavy atom. The second kappa shape index (κ2) is 36.7. The van der Waals surface area contributed by atoms with Crippen LogP contribution in [-0.4, -0.2) is 134 Å². The number of amides is 6. The van der Waals surface area contributed by atoms with Crippen LogP contribution in [0.15, 0.2) is 202 Å². The number of benzene rings is 10. The highest BCUT2D eigenvalue weighted by atomic mass is 16.7. The molecule has 0 aromatic heterocycles. The third kappa shape index (κ3) is 17.3. The number of carbonyl (C=O) groups excluding carboxylic acids is 7. The van der Waals surface area contributed by atoms with Gasteiger partial charge in [-0.25, -0.2) is 4.79 Å². The molecular weight excluding hydrogens is 1600 g/mol. The van der Waals surface area contributed by atoms with Crippen LogP contribution in [0.25, 0.3) is 0 Å². The van der Waals surface area contributed by atoms with Crippen molar-refractivity contribution in [3.8, 4) is 46.0 Å². The molecule has 0 bridgehead atoms. The van der Waals surface area contributed by atoms with Crippen molar-refractivity contribution in [2.45, 2.75) is 151 Å². The number of methoxy groups -OCH3 is 2. The van der Waals surface area contributed by atoms with Gasteiger partial charge in [0.15, 0.2) is 23.0 Å². The number of anilines is 4. The molecule has 0 saturated carbocycles. The van der Waals surface area contributed by atoms with Gasteiger partial charge in [-0.1, -0.05) is 95.1 Å². The molecule has 1 fully saturated rings. The summed E-state index contributed by atoms with van der Waals surface area (Å²) in [5, 5.41) is 9.66. The fourth-order valence-corrected chi connectivity index (χ4v) is 17.0. The maximum absolute atomic E-state index is 14.0. The van der Waals surface area contributed by atoms with Crippen molar-refractivity contribution in [2.75, 3.05) is 47.0 Å². The molecule has 0 radical (unpaired) electrons. The molecule has 126 heavy (non-hydrogen) atoms. The van der Waals surface area contributed by atoms with Crippen LogP contribution in [0, 0.1) is 13.8 Å². The highest BCUT2D eigenvalue weighted by molar-refractivity contribution is 6.18. The summed E-state index contributed by atoms with van der Waals surface area (Å²) in [6, 6.07) is 56.1. The monoisotopic (exact) mass is 1700 g/mol. The van der Waals surface area contributed by atoms with Crippen molar-refractivity contribution in [1.82, 2.24) is 5.06 Å². The van der Waals surface area contributed by atoms with Crippen LogP contribution in [0.1, 0.15) is 158 Å². The summed E-state index contributed by atoms with van der Waals surface area (Å²) in [7, 11) is 3.05. The molecule has 19 rings (SSSR count). The van der Waals surface area contributed by atoms with Crippen molar-refractivity contribution in [3.63, 3.8) is 0 Å². The highest BCUT2D eigenvalue weighted by Gasteiger charge is 2.42. The lowest BCUT2D eigenvalue weighted by atomic mass is 10.1. The third-order valence-corrected chi connectivity index (χ3v) is 23.0. The van der Waals surface area contributed by atoms with E-state index in [1.54, 1.807) is 46.3 Å². The Balaban J connectivity index is 0.000000191. The van der Waals surface area contributed by atoms with Gasteiger partial charge in [-0.2, -0.15) is 0 Å². The Labute approximate surface area is 729 Å². The number of aliphatic imine (C=N–C) groups is 4. The van der Waals surface area contributed by atoms with E-state index in [2.05, 4.69) is 0 Å². The van der Waals surface area contributed by atoms with Gasteiger partial charge >= 0.3 is 11.9 Å². The first kappa shape index (κ1) is 86.2. The third-order valence-electron chi connectivity index (χ3n) is 23.0. The van der Waals surface area contributed by atoms with Crippen LogP contribution >= 0.6 is 0 Å². The second-order valence-electron chi connectivity index (χ2n) is 31.2. The maximum atomic E-state index is 14.0. The molecule has 6 amide bonds. The van der Waals surface area contributed by atoms with E-state index >= 15 is 0 Å². The summed E-state index contributed by atoms with van der Waals surface area (Å²) in [5.74, 6) is 0.483. The standard InChI is InChI=1S/C50H43N5O10.C46H40N4O8.3CH4/c1-29-16-37-39(51-25-34-20-32-8-3-5-10-41(32)53(34)49(37)59)23-43(29)63-27-30-17-31(19-36(18-30)62-15-7-12-48(58)65-55-46(56)13-14-47(55)57)28-64-45-24-40-38(22-44(45)61-2)50(60)54-35(26-52-40)21-33-9-4-6-11-42(33)54;1-27-14-35-37(47-23-32-18-30-8-3-5-10-39(30)49(32)45(35)53)21-41(27)57-25-28-15-29(17-34(16-28)56-13-7-12-44(51)52)26-58-43-22-38-36(20-42(43)55-2)46(54)50-33(24-48-38)19-31-9-4-6-11-40(31)50;;;/h3-6,8-11,16-19,22-26,34-35H,7,12-15,20-21,27-28H2,1-2H3;3-6,8-11,14-17,20-24,32-33H,7,12-13,18-19,25-26H2,1-2H3,(H,51,52);3*1H4/t34-,35-;32-,33-;;;/m00.../s1. The summed E-state index contributed by atoms with van der Waals surface area (Å²) in [4.78, 5) is 134. The summed E-state index contributed by atoms with van der Waals surface area (Å²) < 4.78 is 49.1. The van der Waals surface area contributed by atoms with Crippen LogP contribution in [0.5, 0.6) is 46.0 Å². The van der Waals surface area contributed by atoms with E-state index in [0.29, 0.717) is 128 Å². The Hall–Kier alpha value is -14.8. The van der Waals surface area contributed by atoms with Crippen molar-refractivity contribution < 1.29 is 86.2 Å². The van der Waals surface area contributed by atoms with Crippen LogP contribution in [0.3, 0.4) is 0 Å². The minimum atomic E-state index is -0.891. The van der Waals surface area contributed by atoms with Crippen LogP contribution in [0.2, 0.25) is 0 Å². The van der Waals surface area contributed by atoms with Gasteiger partial charge in [0, 0.05) is 117 Å². The lowest BCUT2D eigenvalue weighted by Gasteiger charge is -2.22. The molecule has 4 atom stereocenters. The minimum absolute atomic E-state index is 0. The predicted octanol–water partition coefficient (Wildman–Crippen LogP) is 17.4. The van der Waals surface area contributed by atoms with E-state index in [-0.39, 0.29) is 142 Å². The Morgan fingerprint density at radius 2 is 0.675 bits per heavy atom. The first-order valence-corrected chi connectivity index (χ1v) is 40.7. The van der Waals surface area contributed by atoms with E-state index in [0.717, 1.165) is 78.4 Å². The molecule has 27 heteroatoms. The number of imide groups is 1. The number of ether oxygens (including phenoxy) is 8. The van der Waals surface area contributed by atoms with E-state index < -0.39 is 23.8 Å². The van der Waals surface area contributed by atoms with Gasteiger partial charge in [0.05, 0.1) is 103 Å². The quantitative estimate of drug-likeness (QED) is 0.0410. The molecule has 0 spiro atoms. The fourth-order valence-electron chi connectivity index (χ4n) is 17.0. The number of hydrogen-bond donors (Lipinski definition) is 1. The molecule has 9 heterocycles. The molecule has 27 nitrogen and oxygen atoms in total. The van der Waals surface area contributed by atoms with Crippen LogP contribution in [0.4, 0.5) is 45.5 Å². The van der Waals surface area contributed by atoms with Gasteiger partial charge < -0.3 is 47.8 Å². The molecule has 9 aliphatic heterocycles. The zero-order valence-corrected chi connectivity index (χ0v) is 67.7. The number of carbonyl (C=O) groups is 8. The number of para-hydroxylation sites is 4. The summed E-state index contributed by atoms with van der Waals surface area (Å²) in [5.41, 5.74) is 16.4. The van der Waals surface area contributed by atoms with Crippen molar-refractivity contribution in [1.29, 1.82) is 0 Å². The lowest BCUT2D eigenvalue weighted by Crippen LogP contribution is -2.37. The number of hydrogen-bond acceptors (Lipinski definition) is 21. The van der Waals surface area contributed by atoms with Crippen LogP contribution < -0.4 is 57.5 Å². The van der Waals surface area contributed by atoms with Gasteiger partial charge in [0.25, 0.3) is 35.4 Å². The molecule has 0 aliphatic carbocycles. The number of carboxylic acids is 1. The normalized spacial score (nSPS) is 17.0. The van der Waals surface area contributed by atoms with Crippen LogP contribution in [-0.2, 0) is 76.1 Å². The maximum Gasteiger partial charge on any atom is 0.333 e. The number of aliphatic carboxylic acids is 1. The smallest absolute Gasteiger partial charge is 0.333 e. The second-order valence-corrected chi connectivity index (χ2v) is 31.2. The van der Waals surface area contributed by atoms with E-state index in [4.69, 9.17) is 67.8 Å². The summed E-state index contributed by atoms with van der Waals surface area (Å²) in [6.07, 6.45) is 10.6. The Kier molecular flexibility index (Phi) is 25.1. The van der Waals surface area contributed by atoms with Gasteiger partial charge in [0.2, 0.25) is 0 Å². The van der Waals surface area contributed by atoms with Gasteiger partial charge in [-0.3, -0.25) is 73.1 Å². The van der Waals surface area contributed by atoms with Gasteiger partial charge in [-0.15, -0.1) is 5.06 Å². The van der Waals surface area contributed by atoms with Crippen molar-refractivity contribution in [3.05, 3.63) is 260 Å². The lowest BCUT2D eigenvalue weighted by molar-refractivity contribution is -0.197. The Morgan fingerprint density at radius 1 is 0.373 bits per heavy atom. The Bertz CT molecular complexity index is 6140. The summed E-state index contributed by atoms with van der Waals surface area (Å²) >= 11 is 0. The topological polar surface area (TPSA) is 305 Å². The first-order chi connectivity index (χ1) is 59.8. The molecule has 644 valence electrons. The molecule has 1 saturated heterocycles. The number of nitrogens with zero attached hydrogens (tertiary/aromatic N) is 9. The van der Waals surface area contributed by atoms with Crippen molar-refractivity contribution in [2.24, 2.45) is 20.0 Å². The zero-order chi connectivity index (χ0) is 84.7. The van der Waals surface area contributed by atoms with Crippen molar-refractivity contribution >= 4 is 118 Å². The predicted molar refractivity (Wildman–Crippen MR) is 479 cm³/mol. The SMILES string of the molecule is C.C.C.COc1cc2c(cc1OCc1cc(COc3cc4c(cc3C)C(=O)N3c5ccccc5C[C@H]3C=N4)cc(OCCCC(=O)O)c1)N=C[C@@H]1Cc3ccccc3N1C2=O.COc1cc2c(cc1OCc1cc(COc3cc4c(cc3C)C(=O)N3c5ccccc5C[C@H]3C=N4)cc(OCCCC(=O)ON3C(=O)CCC3=O)c1)N=C[C@@H]1Cc3ccccc3N1C2=O. The molecule has 10 aromatic rings. The number of hydroxylamine groups is 2. The minimum Gasteiger partial charge on any atom is -0.494 e. The summed E-state index contributed by atoms with van der Waals surface area (Å²) in [6.45, 7) is 4.59. The molecule has 9 aliphatic rings. The largest absolute Gasteiger partial charge is 0.494 e. The number of fused-ring (bicyclic) bond motifs is 16.